The van der Waals surface area contributed by atoms with Crippen LogP contribution in [0, 0.1) is 0 Å². The van der Waals surface area contributed by atoms with Crippen molar-refractivity contribution in [1.82, 2.24) is 0 Å². The predicted octanol–water partition coefficient (Wildman–Crippen LogP) is 12.0. The maximum atomic E-state index is 2.33. The summed E-state index contributed by atoms with van der Waals surface area (Å²) in [6.45, 7) is 0. The Morgan fingerprint density at radius 2 is 1.02 bits per heavy atom. The fourth-order valence-electron chi connectivity index (χ4n) is 6.07. The normalized spacial score (nSPS) is 11.3. The summed E-state index contributed by atoms with van der Waals surface area (Å²) in [5.74, 6) is 0. The van der Waals surface area contributed by atoms with Crippen molar-refractivity contribution in [2.24, 2.45) is 0 Å². The molecule has 0 aliphatic rings. The minimum Gasteiger partial charge on any atom is -0.311 e. The van der Waals surface area contributed by atoms with Gasteiger partial charge >= 0.3 is 0 Å². The quantitative estimate of drug-likeness (QED) is 0.205. The summed E-state index contributed by atoms with van der Waals surface area (Å²) in [7, 11) is 0. The summed E-state index contributed by atoms with van der Waals surface area (Å²) in [6, 6.07) is 58.9. The molecule has 0 radical (unpaired) electrons. The van der Waals surface area contributed by atoms with Crippen LogP contribution in [-0.4, -0.2) is 0 Å². The summed E-state index contributed by atoms with van der Waals surface area (Å²) >= 11 is 1.90. The zero-order valence-corrected chi connectivity index (χ0v) is 23.8. The molecule has 0 spiro atoms. The van der Waals surface area contributed by atoms with Crippen molar-refractivity contribution in [3.8, 4) is 22.3 Å². The molecule has 2 heteroatoms. The minimum atomic E-state index is 1.13. The van der Waals surface area contributed by atoms with Gasteiger partial charge in [-0.05, 0) is 81.6 Å². The Morgan fingerprint density at radius 1 is 0.405 bits per heavy atom. The lowest BCUT2D eigenvalue weighted by Gasteiger charge is -2.25. The van der Waals surface area contributed by atoms with E-state index in [0.717, 1.165) is 17.1 Å². The molecule has 8 rings (SSSR count). The average molecular weight is 554 g/mol. The van der Waals surface area contributed by atoms with Crippen LogP contribution in [0.2, 0.25) is 0 Å². The molecule has 0 atom stereocenters. The lowest BCUT2D eigenvalue weighted by molar-refractivity contribution is 1.28. The van der Waals surface area contributed by atoms with Crippen molar-refractivity contribution in [3.05, 3.63) is 164 Å². The SMILES string of the molecule is c1ccc(N(c2ccccc2)c2ccc(-c3cccc(-c4cccc5c4sc4ccc6ccccc6c45)c3)cc2)cc1. The van der Waals surface area contributed by atoms with Crippen LogP contribution in [0.25, 0.3) is 53.2 Å². The van der Waals surface area contributed by atoms with Gasteiger partial charge in [0.2, 0.25) is 0 Å². The van der Waals surface area contributed by atoms with Crippen LogP contribution in [0.5, 0.6) is 0 Å². The van der Waals surface area contributed by atoms with Crippen LogP contribution in [0.3, 0.4) is 0 Å². The lowest BCUT2D eigenvalue weighted by atomic mass is 9.97. The molecule has 0 N–H and O–H groups in total. The molecule has 42 heavy (non-hydrogen) atoms. The largest absolute Gasteiger partial charge is 0.311 e. The number of fused-ring (bicyclic) bond motifs is 5. The highest BCUT2D eigenvalue weighted by molar-refractivity contribution is 7.26. The Hall–Kier alpha value is -5.18. The van der Waals surface area contributed by atoms with Crippen LogP contribution in [-0.2, 0) is 0 Å². The van der Waals surface area contributed by atoms with Gasteiger partial charge in [-0.3, -0.25) is 0 Å². The molecule has 8 aromatic rings. The first kappa shape index (κ1) is 24.6. The number of hydrogen-bond acceptors (Lipinski definition) is 2. The molecule has 1 heterocycles. The van der Waals surface area contributed by atoms with E-state index >= 15 is 0 Å². The van der Waals surface area contributed by atoms with Crippen molar-refractivity contribution >= 4 is 59.3 Å². The number of benzene rings is 7. The number of hydrogen-bond donors (Lipinski definition) is 0. The molecular formula is C40H27NS. The fraction of sp³-hybridized carbons (Fsp3) is 0. The van der Waals surface area contributed by atoms with Gasteiger partial charge in [-0.1, -0.05) is 115 Å². The Kier molecular flexibility index (Phi) is 6.05. The monoisotopic (exact) mass is 553 g/mol. The van der Waals surface area contributed by atoms with E-state index in [0.29, 0.717) is 0 Å². The van der Waals surface area contributed by atoms with Crippen LogP contribution >= 0.6 is 11.3 Å². The van der Waals surface area contributed by atoms with E-state index in [2.05, 4.69) is 169 Å². The van der Waals surface area contributed by atoms with Crippen molar-refractivity contribution in [2.45, 2.75) is 0 Å². The van der Waals surface area contributed by atoms with E-state index in [1.165, 1.54) is 53.2 Å². The first-order valence-corrected chi connectivity index (χ1v) is 15.1. The van der Waals surface area contributed by atoms with E-state index in [4.69, 9.17) is 0 Å². The van der Waals surface area contributed by atoms with Gasteiger partial charge in [-0.25, -0.2) is 0 Å². The highest BCUT2D eigenvalue weighted by Gasteiger charge is 2.14. The Morgan fingerprint density at radius 3 is 1.79 bits per heavy atom. The van der Waals surface area contributed by atoms with Crippen LogP contribution in [0.1, 0.15) is 0 Å². The zero-order valence-electron chi connectivity index (χ0n) is 22.9. The van der Waals surface area contributed by atoms with E-state index in [-0.39, 0.29) is 0 Å². The molecule has 7 aromatic carbocycles. The van der Waals surface area contributed by atoms with Crippen LogP contribution in [0.15, 0.2) is 164 Å². The van der Waals surface area contributed by atoms with E-state index in [1.54, 1.807) is 0 Å². The Bertz CT molecular complexity index is 2140. The molecule has 1 nitrogen and oxygen atoms in total. The lowest BCUT2D eigenvalue weighted by Crippen LogP contribution is -2.09. The number of rotatable bonds is 5. The maximum absolute atomic E-state index is 2.33. The zero-order chi connectivity index (χ0) is 27.9. The smallest absolute Gasteiger partial charge is 0.0462 e. The molecule has 0 aliphatic heterocycles. The summed E-state index contributed by atoms with van der Waals surface area (Å²) in [5.41, 5.74) is 8.37. The van der Waals surface area contributed by atoms with Crippen LogP contribution in [0.4, 0.5) is 17.1 Å². The van der Waals surface area contributed by atoms with Gasteiger partial charge in [-0.2, -0.15) is 0 Å². The molecule has 0 amide bonds. The van der Waals surface area contributed by atoms with Gasteiger partial charge in [-0.15, -0.1) is 11.3 Å². The minimum absolute atomic E-state index is 1.13. The Labute approximate surface area is 249 Å². The molecule has 0 saturated carbocycles. The number of thiophene rings is 1. The van der Waals surface area contributed by atoms with E-state index < -0.39 is 0 Å². The number of para-hydroxylation sites is 2. The van der Waals surface area contributed by atoms with Gasteiger partial charge in [0, 0.05) is 37.2 Å². The van der Waals surface area contributed by atoms with Crippen LogP contribution < -0.4 is 4.90 Å². The number of anilines is 3. The molecule has 1 aromatic heterocycles. The average Bonchev–Trinajstić information content (AvgIpc) is 3.46. The molecule has 0 unspecified atom stereocenters. The maximum Gasteiger partial charge on any atom is 0.0462 e. The second-order valence-electron chi connectivity index (χ2n) is 10.6. The standard InChI is InChI=1S/C40H27NS/c1-3-14-32(15-4-1)41(33-16-5-2-6-17-33)34-24-21-28(22-25-34)30-12-9-13-31(27-30)36-19-10-20-37-39-35-18-8-7-11-29(35)23-26-38(39)42-40(36)37/h1-27H. The first-order chi connectivity index (χ1) is 20.8. The number of nitrogens with zero attached hydrogens (tertiary/aromatic N) is 1. The van der Waals surface area contributed by atoms with E-state index in [9.17, 15) is 0 Å². The highest BCUT2D eigenvalue weighted by atomic mass is 32.1. The Balaban J connectivity index is 1.19. The highest BCUT2D eigenvalue weighted by Crippen LogP contribution is 2.43. The van der Waals surface area contributed by atoms with E-state index in [1.807, 2.05) is 11.3 Å². The van der Waals surface area contributed by atoms with Gasteiger partial charge in [0.25, 0.3) is 0 Å². The summed E-state index contributed by atoms with van der Waals surface area (Å²) < 4.78 is 2.68. The summed E-state index contributed by atoms with van der Waals surface area (Å²) in [5, 5.41) is 5.31. The summed E-state index contributed by atoms with van der Waals surface area (Å²) in [6.07, 6.45) is 0. The predicted molar refractivity (Wildman–Crippen MR) is 182 cm³/mol. The van der Waals surface area contributed by atoms with Crippen molar-refractivity contribution in [2.75, 3.05) is 4.90 Å². The van der Waals surface area contributed by atoms with Gasteiger partial charge < -0.3 is 4.90 Å². The van der Waals surface area contributed by atoms with Crippen molar-refractivity contribution in [3.63, 3.8) is 0 Å². The second-order valence-corrected chi connectivity index (χ2v) is 11.6. The molecule has 0 fully saturated rings. The third kappa shape index (κ3) is 4.25. The second kappa shape index (κ2) is 10.3. The third-order valence-electron chi connectivity index (χ3n) is 8.05. The first-order valence-electron chi connectivity index (χ1n) is 14.3. The molecular weight excluding hydrogens is 527 g/mol. The third-order valence-corrected chi connectivity index (χ3v) is 9.25. The molecule has 0 aliphatic carbocycles. The van der Waals surface area contributed by atoms with Gasteiger partial charge in [0.1, 0.15) is 0 Å². The molecule has 0 saturated heterocycles. The fourth-order valence-corrected chi connectivity index (χ4v) is 7.32. The van der Waals surface area contributed by atoms with Crippen molar-refractivity contribution < 1.29 is 0 Å². The molecule has 198 valence electrons. The van der Waals surface area contributed by atoms with Crippen molar-refractivity contribution in [1.29, 1.82) is 0 Å². The topological polar surface area (TPSA) is 3.24 Å². The summed E-state index contributed by atoms with van der Waals surface area (Å²) in [4.78, 5) is 2.30. The van der Waals surface area contributed by atoms with Gasteiger partial charge in [0.15, 0.2) is 0 Å². The molecule has 0 bridgehead atoms. The van der Waals surface area contributed by atoms with Gasteiger partial charge in [0.05, 0.1) is 0 Å².